The molecule has 2 aliphatic rings. The van der Waals surface area contributed by atoms with Crippen molar-refractivity contribution < 1.29 is 4.74 Å². The zero-order chi connectivity index (χ0) is 14.4. The van der Waals surface area contributed by atoms with Crippen LogP contribution in [0.3, 0.4) is 0 Å². The van der Waals surface area contributed by atoms with Crippen LogP contribution >= 0.6 is 0 Å². The lowest BCUT2D eigenvalue weighted by molar-refractivity contribution is 0.0716. The zero-order valence-corrected chi connectivity index (χ0v) is 13.4. The molecule has 0 amide bonds. The van der Waals surface area contributed by atoms with Crippen molar-refractivity contribution in [3.8, 4) is 0 Å². The minimum atomic E-state index is 0.196. The molecule has 0 bridgehead atoms. The van der Waals surface area contributed by atoms with E-state index in [0.717, 1.165) is 19.4 Å². The van der Waals surface area contributed by atoms with Gasteiger partial charge in [-0.1, -0.05) is 6.92 Å². The molecule has 0 radical (unpaired) electrons. The van der Waals surface area contributed by atoms with Crippen LogP contribution in [0.15, 0.2) is 0 Å². The van der Waals surface area contributed by atoms with Gasteiger partial charge in [0.25, 0.3) is 0 Å². The molecule has 20 heavy (non-hydrogen) atoms. The Morgan fingerprint density at radius 1 is 1.35 bits per heavy atom. The zero-order valence-electron chi connectivity index (χ0n) is 13.4. The molecule has 0 saturated carbocycles. The first-order valence-electron chi connectivity index (χ1n) is 8.53. The van der Waals surface area contributed by atoms with Crippen LogP contribution in [0.5, 0.6) is 0 Å². The van der Waals surface area contributed by atoms with E-state index in [4.69, 9.17) is 10.6 Å². The predicted octanol–water partition coefficient (Wildman–Crippen LogP) is 2.43. The van der Waals surface area contributed by atoms with Gasteiger partial charge in [0.15, 0.2) is 0 Å². The number of hydrogen-bond donors (Lipinski definition) is 2. The first kappa shape index (κ1) is 16.2. The number of hydrogen-bond acceptors (Lipinski definition) is 4. The van der Waals surface area contributed by atoms with Crippen LogP contribution in [0, 0.1) is 0 Å². The fraction of sp³-hybridized carbons (Fsp3) is 1.00. The summed E-state index contributed by atoms with van der Waals surface area (Å²) in [5.41, 5.74) is 3.31. The number of nitrogens with one attached hydrogen (secondary N) is 1. The minimum absolute atomic E-state index is 0.196. The van der Waals surface area contributed by atoms with E-state index in [1.54, 1.807) is 0 Å². The molecule has 0 aromatic heterocycles. The van der Waals surface area contributed by atoms with Crippen LogP contribution in [-0.2, 0) is 4.74 Å². The van der Waals surface area contributed by atoms with Gasteiger partial charge >= 0.3 is 0 Å². The SMILES string of the molecule is CCC(C)(C(CCCC1CCCO1)NN)N1CCCC1. The number of ether oxygens (including phenoxy) is 1. The first-order valence-corrected chi connectivity index (χ1v) is 8.53. The molecule has 4 heteroatoms. The summed E-state index contributed by atoms with van der Waals surface area (Å²) < 4.78 is 5.72. The number of hydrazine groups is 1. The summed E-state index contributed by atoms with van der Waals surface area (Å²) in [4.78, 5) is 2.64. The van der Waals surface area contributed by atoms with Crippen molar-refractivity contribution in [2.45, 2.75) is 82.9 Å². The molecule has 118 valence electrons. The van der Waals surface area contributed by atoms with Crippen molar-refractivity contribution in [2.24, 2.45) is 5.84 Å². The highest BCUT2D eigenvalue weighted by molar-refractivity contribution is 4.97. The van der Waals surface area contributed by atoms with E-state index in [1.165, 1.54) is 51.6 Å². The lowest BCUT2D eigenvalue weighted by atomic mass is 9.84. The average molecular weight is 283 g/mol. The van der Waals surface area contributed by atoms with Crippen LogP contribution < -0.4 is 11.3 Å². The maximum Gasteiger partial charge on any atom is 0.0576 e. The smallest absolute Gasteiger partial charge is 0.0576 e. The van der Waals surface area contributed by atoms with Crippen molar-refractivity contribution in [2.75, 3.05) is 19.7 Å². The Balaban J connectivity index is 1.83. The van der Waals surface area contributed by atoms with Crippen molar-refractivity contribution in [3.05, 3.63) is 0 Å². The molecule has 0 spiro atoms. The molecule has 2 aliphatic heterocycles. The molecule has 2 rings (SSSR count). The van der Waals surface area contributed by atoms with E-state index in [1.807, 2.05) is 0 Å². The Labute approximate surface area is 124 Å². The Kier molecular flexibility index (Phi) is 6.27. The molecule has 0 aromatic carbocycles. The highest BCUT2D eigenvalue weighted by Crippen LogP contribution is 2.30. The van der Waals surface area contributed by atoms with E-state index >= 15 is 0 Å². The molecule has 3 atom stereocenters. The normalized spacial score (nSPS) is 28.6. The van der Waals surface area contributed by atoms with Crippen LogP contribution in [0.2, 0.25) is 0 Å². The second kappa shape index (κ2) is 7.74. The first-order chi connectivity index (χ1) is 9.70. The Morgan fingerprint density at radius 2 is 2.10 bits per heavy atom. The summed E-state index contributed by atoms with van der Waals surface area (Å²) in [6.45, 7) is 8.10. The van der Waals surface area contributed by atoms with Gasteiger partial charge in [-0.2, -0.15) is 0 Å². The molecular formula is C16H33N3O. The van der Waals surface area contributed by atoms with E-state index in [2.05, 4.69) is 24.2 Å². The second-order valence-corrected chi connectivity index (χ2v) is 6.69. The van der Waals surface area contributed by atoms with Crippen LogP contribution in [0.4, 0.5) is 0 Å². The third-order valence-corrected chi connectivity index (χ3v) is 5.54. The molecule has 2 fully saturated rings. The van der Waals surface area contributed by atoms with Gasteiger partial charge in [-0.15, -0.1) is 0 Å². The largest absolute Gasteiger partial charge is 0.378 e. The molecule has 2 saturated heterocycles. The molecule has 3 unspecified atom stereocenters. The Bertz CT molecular complexity index is 275. The summed E-state index contributed by atoms with van der Waals surface area (Å²) in [5, 5.41) is 0. The average Bonchev–Trinajstić information content (AvgIpc) is 3.15. The van der Waals surface area contributed by atoms with Gasteiger partial charge in [-0.25, -0.2) is 0 Å². The van der Waals surface area contributed by atoms with Crippen LogP contribution in [0.25, 0.3) is 0 Å². The van der Waals surface area contributed by atoms with Crippen LogP contribution in [0.1, 0.15) is 65.2 Å². The molecule has 0 aromatic rings. The monoisotopic (exact) mass is 283 g/mol. The third kappa shape index (κ3) is 3.73. The van der Waals surface area contributed by atoms with Gasteiger partial charge in [0, 0.05) is 18.2 Å². The highest BCUT2D eigenvalue weighted by atomic mass is 16.5. The van der Waals surface area contributed by atoms with Gasteiger partial charge in [0.2, 0.25) is 0 Å². The third-order valence-electron chi connectivity index (χ3n) is 5.54. The number of likely N-dealkylation sites (tertiary alicyclic amines) is 1. The van der Waals surface area contributed by atoms with E-state index in [9.17, 15) is 0 Å². The number of nitrogens with two attached hydrogens (primary N) is 1. The van der Waals surface area contributed by atoms with Crippen molar-refractivity contribution >= 4 is 0 Å². The van der Waals surface area contributed by atoms with Crippen molar-refractivity contribution in [1.82, 2.24) is 10.3 Å². The highest BCUT2D eigenvalue weighted by Gasteiger charge is 2.38. The lowest BCUT2D eigenvalue weighted by Gasteiger charge is -2.44. The van der Waals surface area contributed by atoms with Crippen molar-refractivity contribution in [1.29, 1.82) is 0 Å². The number of nitrogens with zero attached hydrogens (tertiary/aromatic N) is 1. The summed E-state index contributed by atoms with van der Waals surface area (Å²) in [7, 11) is 0. The summed E-state index contributed by atoms with van der Waals surface area (Å²) >= 11 is 0. The van der Waals surface area contributed by atoms with E-state index < -0.39 is 0 Å². The minimum Gasteiger partial charge on any atom is -0.378 e. The molecular weight excluding hydrogens is 250 g/mol. The van der Waals surface area contributed by atoms with Gasteiger partial charge in [0.05, 0.1) is 6.10 Å². The maximum atomic E-state index is 5.89. The molecule has 2 heterocycles. The standard InChI is InChI=1S/C16H33N3O/c1-3-16(2,19-11-4-5-12-19)15(18-17)10-6-8-14-9-7-13-20-14/h14-15,18H,3-13,17H2,1-2H3. The van der Waals surface area contributed by atoms with Gasteiger partial charge in [0.1, 0.15) is 0 Å². The molecule has 4 nitrogen and oxygen atoms in total. The molecule has 0 aliphatic carbocycles. The van der Waals surface area contributed by atoms with E-state index in [-0.39, 0.29) is 5.54 Å². The van der Waals surface area contributed by atoms with Crippen molar-refractivity contribution in [3.63, 3.8) is 0 Å². The number of rotatable bonds is 8. The molecule has 3 N–H and O–H groups in total. The Hall–Kier alpha value is -0.160. The summed E-state index contributed by atoms with van der Waals surface area (Å²) in [6, 6.07) is 0.381. The lowest BCUT2D eigenvalue weighted by Crippen LogP contribution is -2.60. The quantitative estimate of drug-likeness (QED) is 0.530. The predicted molar refractivity (Wildman–Crippen MR) is 83.4 cm³/mol. The fourth-order valence-electron chi connectivity index (χ4n) is 3.91. The van der Waals surface area contributed by atoms with Gasteiger partial charge in [-0.3, -0.25) is 16.2 Å². The summed E-state index contributed by atoms with van der Waals surface area (Å²) in [5.74, 6) is 5.89. The fourth-order valence-corrected chi connectivity index (χ4v) is 3.91. The maximum absolute atomic E-state index is 5.89. The summed E-state index contributed by atoms with van der Waals surface area (Å²) in [6.07, 6.45) is 10.4. The van der Waals surface area contributed by atoms with Gasteiger partial charge in [-0.05, 0) is 71.4 Å². The second-order valence-electron chi connectivity index (χ2n) is 6.69. The topological polar surface area (TPSA) is 50.5 Å². The Morgan fingerprint density at radius 3 is 2.65 bits per heavy atom. The van der Waals surface area contributed by atoms with Crippen LogP contribution in [-0.4, -0.2) is 42.3 Å². The van der Waals surface area contributed by atoms with Gasteiger partial charge < -0.3 is 4.74 Å². The van der Waals surface area contributed by atoms with E-state index in [0.29, 0.717) is 12.1 Å².